The van der Waals surface area contributed by atoms with Gasteiger partial charge in [0, 0.05) is 25.9 Å². The van der Waals surface area contributed by atoms with Crippen molar-refractivity contribution in [3.8, 4) is 5.75 Å². The van der Waals surface area contributed by atoms with E-state index in [-0.39, 0.29) is 30.5 Å². The molecule has 0 spiro atoms. The zero-order valence-corrected chi connectivity index (χ0v) is 16.9. The summed E-state index contributed by atoms with van der Waals surface area (Å²) in [5.41, 5.74) is 0.998. The third-order valence-corrected chi connectivity index (χ3v) is 4.33. The molecule has 10 heteroatoms. The van der Waals surface area contributed by atoms with Crippen molar-refractivity contribution < 1.29 is 26.5 Å². The van der Waals surface area contributed by atoms with Gasteiger partial charge in [0.05, 0.1) is 17.9 Å². The van der Waals surface area contributed by atoms with Crippen LogP contribution in [0.1, 0.15) is 5.56 Å². The molecule has 2 rings (SSSR count). The van der Waals surface area contributed by atoms with Crippen molar-refractivity contribution in [1.29, 1.82) is 0 Å². The Morgan fingerprint density at radius 2 is 2.00 bits per heavy atom. The van der Waals surface area contributed by atoms with Crippen LogP contribution in [-0.2, 0) is 21.4 Å². The van der Waals surface area contributed by atoms with Gasteiger partial charge in [-0.3, -0.25) is 0 Å². The van der Waals surface area contributed by atoms with Crippen LogP contribution in [0.15, 0.2) is 42.5 Å². The lowest BCUT2D eigenvalue weighted by molar-refractivity contribution is 0.153. The number of benzene rings is 2. The van der Waals surface area contributed by atoms with Gasteiger partial charge in [-0.2, -0.15) is 8.42 Å². The number of methoxy groups -OCH3 is 1. The first-order chi connectivity index (χ1) is 13.2. The predicted molar refractivity (Wildman–Crippen MR) is 105 cm³/mol. The molecule has 0 aliphatic carbocycles. The van der Waals surface area contributed by atoms with Crippen LogP contribution in [0.5, 0.6) is 5.75 Å². The standard InChI is InChI=1S/C18H20ClFN2O5S/c1-26-9-8-22(18(23)21-14-6-7-17(20)16(19)11-14)12-13-4-3-5-15(10-13)27-28(2,24)25/h3-7,10-11H,8-9,12H2,1-2H3,(H,21,23). The number of carbonyl (C=O) groups excluding carboxylic acids is 1. The Morgan fingerprint density at radius 3 is 2.64 bits per heavy atom. The monoisotopic (exact) mass is 430 g/mol. The molecule has 0 aromatic heterocycles. The fraction of sp³-hybridized carbons (Fsp3) is 0.278. The number of nitrogens with one attached hydrogen (secondary N) is 1. The highest BCUT2D eigenvalue weighted by Gasteiger charge is 2.16. The van der Waals surface area contributed by atoms with Gasteiger partial charge in [0.15, 0.2) is 0 Å². The van der Waals surface area contributed by atoms with Crippen molar-refractivity contribution in [1.82, 2.24) is 4.90 Å². The number of amides is 2. The van der Waals surface area contributed by atoms with E-state index in [0.29, 0.717) is 11.3 Å². The molecular weight excluding hydrogens is 411 g/mol. The molecule has 28 heavy (non-hydrogen) atoms. The van der Waals surface area contributed by atoms with Crippen molar-refractivity contribution in [2.24, 2.45) is 0 Å². The molecule has 7 nitrogen and oxygen atoms in total. The normalized spacial score (nSPS) is 11.1. The van der Waals surface area contributed by atoms with Crippen LogP contribution >= 0.6 is 11.6 Å². The van der Waals surface area contributed by atoms with Gasteiger partial charge >= 0.3 is 16.1 Å². The maximum absolute atomic E-state index is 13.3. The average Bonchev–Trinajstić information content (AvgIpc) is 2.60. The van der Waals surface area contributed by atoms with Crippen molar-refractivity contribution in [2.75, 3.05) is 31.8 Å². The quantitative estimate of drug-likeness (QED) is 0.648. The fourth-order valence-electron chi connectivity index (χ4n) is 2.32. The number of carbonyl (C=O) groups is 1. The molecule has 152 valence electrons. The van der Waals surface area contributed by atoms with E-state index in [9.17, 15) is 17.6 Å². The van der Waals surface area contributed by atoms with Gasteiger partial charge in [-0.25, -0.2) is 9.18 Å². The van der Waals surface area contributed by atoms with Crippen LogP contribution < -0.4 is 9.50 Å². The molecule has 0 atom stereocenters. The predicted octanol–water partition coefficient (Wildman–Crippen LogP) is 3.50. The van der Waals surface area contributed by atoms with Crippen molar-refractivity contribution >= 4 is 33.4 Å². The third-order valence-electron chi connectivity index (χ3n) is 3.54. The highest BCUT2D eigenvalue weighted by Crippen LogP contribution is 2.21. The maximum Gasteiger partial charge on any atom is 0.322 e. The Hall–Kier alpha value is -2.36. The van der Waals surface area contributed by atoms with Crippen molar-refractivity contribution in [3.05, 3.63) is 58.9 Å². The Balaban J connectivity index is 2.15. The Bertz CT molecular complexity index is 939. The molecule has 0 radical (unpaired) electrons. The summed E-state index contributed by atoms with van der Waals surface area (Å²) in [5.74, 6) is -0.434. The number of anilines is 1. The van der Waals surface area contributed by atoms with Gasteiger partial charge in [0.2, 0.25) is 0 Å². The topological polar surface area (TPSA) is 84.9 Å². The number of hydrogen-bond acceptors (Lipinski definition) is 5. The SMILES string of the molecule is COCCN(Cc1cccc(OS(C)(=O)=O)c1)C(=O)Nc1ccc(F)c(Cl)c1. The lowest BCUT2D eigenvalue weighted by atomic mass is 10.2. The van der Waals surface area contributed by atoms with Gasteiger partial charge in [-0.1, -0.05) is 23.7 Å². The first-order valence-electron chi connectivity index (χ1n) is 8.16. The van der Waals surface area contributed by atoms with E-state index in [1.807, 2.05) is 0 Å². The highest BCUT2D eigenvalue weighted by molar-refractivity contribution is 7.86. The Morgan fingerprint density at radius 1 is 1.25 bits per heavy atom. The number of ether oxygens (including phenoxy) is 1. The number of urea groups is 1. The second kappa shape index (κ2) is 9.72. The molecule has 0 bridgehead atoms. The highest BCUT2D eigenvalue weighted by atomic mass is 35.5. The molecule has 0 saturated heterocycles. The second-order valence-corrected chi connectivity index (χ2v) is 7.89. The molecule has 2 aromatic rings. The van der Waals surface area contributed by atoms with E-state index in [4.69, 9.17) is 20.5 Å². The third kappa shape index (κ3) is 6.99. The average molecular weight is 431 g/mol. The van der Waals surface area contributed by atoms with Crippen LogP contribution in [0.2, 0.25) is 5.02 Å². The number of rotatable bonds is 8. The van der Waals surface area contributed by atoms with Gasteiger partial charge in [-0.15, -0.1) is 0 Å². The summed E-state index contributed by atoms with van der Waals surface area (Å²) in [5, 5.41) is 2.54. The largest absolute Gasteiger partial charge is 0.383 e. The van der Waals surface area contributed by atoms with E-state index in [1.54, 1.807) is 12.1 Å². The molecule has 2 amide bonds. The minimum atomic E-state index is -3.66. The summed E-state index contributed by atoms with van der Waals surface area (Å²) in [4.78, 5) is 14.1. The molecule has 0 heterocycles. The molecule has 0 fully saturated rings. The lowest BCUT2D eigenvalue weighted by Crippen LogP contribution is -2.36. The first kappa shape index (κ1) is 21.9. The molecule has 0 unspecified atom stereocenters. The number of hydrogen-bond donors (Lipinski definition) is 1. The van der Waals surface area contributed by atoms with E-state index in [0.717, 1.165) is 12.3 Å². The molecular formula is C18H20ClFN2O5S. The zero-order chi connectivity index (χ0) is 20.7. The maximum atomic E-state index is 13.3. The van der Waals surface area contributed by atoms with E-state index in [1.165, 1.54) is 36.3 Å². The van der Waals surface area contributed by atoms with Gasteiger partial charge in [-0.05, 0) is 35.9 Å². The van der Waals surface area contributed by atoms with Crippen LogP contribution in [0.4, 0.5) is 14.9 Å². The van der Waals surface area contributed by atoms with Gasteiger partial charge in [0.1, 0.15) is 11.6 Å². The molecule has 0 aliphatic heterocycles. The van der Waals surface area contributed by atoms with E-state index >= 15 is 0 Å². The van der Waals surface area contributed by atoms with Crippen molar-refractivity contribution in [3.63, 3.8) is 0 Å². The summed E-state index contributed by atoms with van der Waals surface area (Å²) in [6.45, 7) is 0.733. The summed E-state index contributed by atoms with van der Waals surface area (Å²) in [6.07, 6.45) is 0.950. The van der Waals surface area contributed by atoms with Crippen LogP contribution in [0.3, 0.4) is 0 Å². The molecule has 0 saturated carbocycles. The molecule has 2 aromatic carbocycles. The Labute approximate surface area is 168 Å². The van der Waals surface area contributed by atoms with Gasteiger partial charge in [0.25, 0.3) is 0 Å². The summed E-state index contributed by atoms with van der Waals surface area (Å²) < 4.78 is 45.8. The molecule has 1 N–H and O–H groups in total. The number of nitrogens with zero attached hydrogens (tertiary/aromatic N) is 1. The van der Waals surface area contributed by atoms with Crippen LogP contribution in [-0.4, -0.2) is 45.9 Å². The Kier molecular flexibility index (Phi) is 7.61. The summed E-state index contributed by atoms with van der Waals surface area (Å²) >= 11 is 5.74. The first-order valence-corrected chi connectivity index (χ1v) is 10.4. The summed E-state index contributed by atoms with van der Waals surface area (Å²) in [7, 11) is -2.15. The van der Waals surface area contributed by atoms with Gasteiger partial charge < -0.3 is 19.1 Å². The second-order valence-electron chi connectivity index (χ2n) is 5.91. The fourth-order valence-corrected chi connectivity index (χ4v) is 2.95. The lowest BCUT2D eigenvalue weighted by Gasteiger charge is -2.23. The van der Waals surface area contributed by atoms with Crippen LogP contribution in [0, 0.1) is 5.82 Å². The smallest absolute Gasteiger partial charge is 0.322 e. The number of halogens is 2. The molecule has 0 aliphatic rings. The van der Waals surface area contributed by atoms with Crippen LogP contribution in [0.25, 0.3) is 0 Å². The zero-order valence-electron chi connectivity index (χ0n) is 15.3. The van der Waals surface area contributed by atoms with E-state index in [2.05, 4.69) is 5.32 Å². The van der Waals surface area contributed by atoms with E-state index < -0.39 is 22.0 Å². The van der Waals surface area contributed by atoms with Crippen molar-refractivity contribution in [2.45, 2.75) is 6.54 Å². The summed E-state index contributed by atoms with van der Waals surface area (Å²) in [6, 6.07) is 9.81. The minimum Gasteiger partial charge on any atom is -0.383 e. The minimum absolute atomic E-state index is 0.105.